The van der Waals surface area contributed by atoms with E-state index in [2.05, 4.69) is 5.32 Å². The quantitative estimate of drug-likeness (QED) is 0.637. The first kappa shape index (κ1) is 19.9. The Morgan fingerprint density at radius 2 is 1.88 bits per heavy atom. The van der Waals surface area contributed by atoms with Crippen molar-refractivity contribution in [2.45, 2.75) is 51.0 Å². The number of hydrogen-bond acceptors (Lipinski definition) is 4. The second kappa shape index (κ2) is 8.78. The third-order valence-electron chi connectivity index (χ3n) is 4.90. The standard InChI is InChI=1S/C18H27NO5S/c1-13(18(21)19-10-11-25(22,23)24)15-8-6-14(7-9-15)12-16-4-2-3-5-17(16)20/h6-9,13,16-17,20H,2-5,10-12H2,1H3,(H,19,21)(H,22,23,24). The SMILES string of the molecule is CC(C(=O)NCCS(=O)(=O)O)c1ccc(CC2CCCCC2O)cc1. The maximum absolute atomic E-state index is 12.1. The van der Waals surface area contributed by atoms with Crippen molar-refractivity contribution in [1.82, 2.24) is 5.32 Å². The third kappa shape index (κ3) is 6.41. The van der Waals surface area contributed by atoms with Gasteiger partial charge in [0.25, 0.3) is 10.1 Å². The zero-order valence-electron chi connectivity index (χ0n) is 14.5. The average Bonchev–Trinajstić information content (AvgIpc) is 2.56. The summed E-state index contributed by atoms with van der Waals surface area (Å²) < 4.78 is 30.0. The highest BCUT2D eigenvalue weighted by Crippen LogP contribution is 2.28. The van der Waals surface area contributed by atoms with Crippen LogP contribution in [0.4, 0.5) is 0 Å². The van der Waals surface area contributed by atoms with Crippen molar-refractivity contribution in [3.8, 4) is 0 Å². The minimum Gasteiger partial charge on any atom is -0.393 e. The van der Waals surface area contributed by atoms with Crippen LogP contribution < -0.4 is 5.32 Å². The van der Waals surface area contributed by atoms with Crippen LogP contribution in [0, 0.1) is 5.92 Å². The predicted octanol–water partition coefficient (Wildman–Crippen LogP) is 1.89. The molecule has 0 bridgehead atoms. The van der Waals surface area contributed by atoms with Gasteiger partial charge in [-0.25, -0.2) is 0 Å². The summed E-state index contributed by atoms with van der Waals surface area (Å²) in [6, 6.07) is 7.77. The molecule has 0 spiro atoms. The number of aliphatic hydroxyl groups excluding tert-OH is 1. The van der Waals surface area contributed by atoms with Crippen LogP contribution in [0.3, 0.4) is 0 Å². The molecule has 140 valence electrons. The molecule has 0 saturated heterocycles. The van der Waals surface area contributed by atoms with Crippen LogP contribution in [-0.4, -0.2) is 42.4 Å². The molecule has 0 heterocycles. The molecule has 1 fully saturated rings. The van der Waals surface area contributed by atoms with Gasteiger partial charge < -0.3 is 10.4 Å². The number of benzene rings is 1. The van der Waals surface area contributed by atoms with E-state index >= 15 is 0 Å². The van der Waals surface area contributed by atoms with Crippen LogP contribution in [0.1, 0.15) is 49.7 Å². The molecular weight excluding hydrogens is 342 g/mol. The minimum atomic E-state index is -4.07. The van der Waals surface area contributed by atoms with Gasteiger partial charge in [0.1, 0.15) is 0 Å². The van der Waals surface area contributed by atoms with Crippen LogP contribution in [0.5, 0.6) is 0 Å². The summed E-state index contributed by atoms with van der Waals surface area (Å²) in [5.74, 6) is -0.871. The number of carbonyl (C=O) groups excluding carboxylic acids is 1. The molecule has 6 nitrogen and oxygen atoms in total. The Morgan fingerprint density at radius 3 is 2.48 bits per heavy atom. The maximum Gasteiger partial charge on any atom is 0.266 e. The number of aliphatic hydroxyl groups is 1. The van der Waals surface area contributed by atoms with Crippen molar-refractivity contribution < 1.29 is 22.9 Å². The molecule has 3 unspecified atom stereocenters. The first-order valence-electron chi connectivity index (χ1n) is 8.76. The summed E-state index contributed by atoms with van der Waals surface area (Å²) >= 11 is 0. The van der Waals surface area contributed by atoms with Crippen molar-refractivity contribution in [2.75, 3.05) is 12.3 Å². The molecule has 1 aromatic rings. The van der Waals surface area contributed by atoms with Crippen LogP contribution in [0.25, 0.3) is 0 Å². The Balaban J connectivity index is 1.88. The van der Waals surface area contributed by atoms with Crippen LogP contribution in [-0.2, 0) is 21.3 Å². The number of hydrogen-bond donors (Lipinski definition) is 3. The van der Waals surface area contributed by atoms with E-state index in [4.69, 9.17) is 4.55 Å². The normalized spacial score (nSPS) is 22.4. The summed E-state index contributed by atoms with van der Waals surface area (Å²) in [7, 11) is -4.07. The monoisotopic (exact) mass is 369 g/mol. The van der Waals surface area contributed by atoms with Crippen LogP contribution in [0.2, 0.25) is 0 Å². The van der Waals surface area contributed by atoms with Gasteiger partial charge in [-0.15, -0.1) is 0 Å². The lowest BCUT2D eigenvalue weighted by atomic mass is 9.82. The number of carbonyl (C=O) groups is 1. The van der Waals surface area contributed by atoms with E-state index in [-0.39, 0.29) is 18.6 Å². The Bertz CT molecular complexity index is 671. The largest absolute Gasteiger partial charge is 0.393 e. The van der Waals surface area contributed by atoms with Gasteiger partial charge in [-0.05, 0) is 43.2 Å². The van der Waals surface area contributed by atoms with Gasteiger partial charge in [0.05, 0.1) is 17.8 Å². The van der Waals surface area contributed by atoms with Crippen molar-refractivity contribution >= 4 is 16.0 Å². The van der Waals surface area contributed by atoms with Gasteiger partial charge in [-0.3, -0.25) is 9.35 Å². The molecule has 0 aromatic heterocycles. The summed E-state index contributed by atoms with van der Waals surface area (Å²) in [6.07, 6.45) is 4.82. The first-order chi connectivity index (χ1) is 11.8. The molecule has 7 heteroatoms. The lowest BCUT2D eigenvalue weighted by molar-refractivity contribution is -0.122. The summed E-state index contributed by atoms with van der Waals surface area (Å²) in [5, 5.41) is 12.6. The molecular formula is C18H27NO5S. The number of rotatable bonds is 7. The fourth-order valence-corrected chi connectivity index (χ4v) is 3.64. The van der Waals surface area contributed by atoms with Crippen molar-refractivity contribution in [3.63, 3.8) is 0 Å². The van der Waals surface area contributed by atoms with Crippen LogP contribution in [0.15, 0.2) is 24.3 Å². The third-order valence-corrected chi connectivity index (χ3v) is 5.62. The molecule has 3 atom stereocenters. The minimum absolute atomic E-state index is 0.111. The Hall–Kier alpha value is -1.44. The predicted molar refractivity (Wildman–Crippen MR) is 96.0 cm³/mol. The lowest BCUT2D eigenvalue weighted by Gasteiger charge is -2.27. The Kier molecular flexibility index (Phi) is 6.98. The average molecular weight is 369 g/mol. The van der Waals surface area contributed by atoms with Crippen LogP contribution >= 0.6 is 0 Å². The second-order valence-corrected chi connectivity index (χ2v) is 8.43. The van der Waals surface area contributed by atoms with Crippen molar-refractivity contribution in [3.05, 3.63) is 35.4 Å². The fourth-order valence-electron chi connectivity index (χ4n) is 3.28. The smallest absolute Gasteiger partial charge is 0.266 e. The molecule has 1 aromatic carbocycles. The summed E-state index contributed by atoms with van der Waals surface area (Å²) in [6.45, 7) is 1.64. The van der Waals surface area contributed by atoms with E-state index in [0.29, 0.717) is 5.92 Å². The highest BCUT2D eigenvalue weighted by molar-refractivity contribution is 7.85. The van der Waals surface area contributed by atoms with Crippen molar-refractivity contribution in [1.29, 1.82) is 0 Å². The van der Waals surface area contributed by atoms with Gasteiger partial charge in [0.2, 0.25) is 5.91 Å². The van der Waals surface area contributed by atoms with Gasteiger partial charge in [0.15, 0.2) is 0 Å². The Labute approximate surface area is 149 Å². The zero-order valence-corrected chi connectivity index (χ0v) is 15.3. The van der Waals surface area contributed by atoms with Gasteiger partial charge >= 0.3 is 0 Å². The summed E-state index contributed by atoms with van der Waals surface area (Å²) in [4.78, 5) is 12.1. The molecule has 25 heavy (non-hydrogen) atoms. The van der Waals surface area contributed by atoms with E-state index < -0.39 is 21.8 Å². The topological polar surface area (TPSA) is 104 Å². The molecule has 1 aliphatic carbocycles. The molecule has 1 aliphatic rings. The highest BCUT2D eigenvalue weighted by Gasteiger charge is 2.23. The molecule has 3 N–H and O–H groups in total. The Morgan fingerprint density at radius 1 is 1.24 bits per heavy atom. The fraction of sp³-hybridized carbons (Fsp3) is 0.611. The van der Waals surface area contributed by atoms with E-state index in [1.807, 2.05) is 24.3 Å². The summed E-state index contributed by atoms with van der Waals surface area (Å²) in [5.41, 5.74) is 1.99. The highest BCUT2D eigenvalue weighted by atomic mass is 32.2. The van der Waals surface area contributed by atoms with E-state index in [0.717, 1.165) is 36.8 Å². The van der Waals surface area contributed by atoms with E-state index in [1.54, 1.807) is 6.92 Å². The number of nitrogens with one attached hydrogen (secondary N) is 1. The van der Waals surface area contributed by atoms with E-state index in [1.165, 1.54) is 6.42 Å². The number of amides is 1. The molecule has 1 saturated carbocycles. The molecule has 2 rings (SSSR count). The van der Waals surface area contributed by atoms with Gasteiger partial charge in [-0.2, -0.15) is 8.42 Å². The molecule has 0 aliphatic heterocycles. The van der Waals surface area contributed by atoms with Gasteiger partial charge in [-0.1, -0.05) is 37.1 Å². The van der Waals surface area contributed by atoms with Gasteiger partial charge in [0, 0.05) is 6.54 Å². The maximum atomic E-state index is 12.1. The molecule has 1 amide bonds. The lowest BCUT2D eigenvalue weighted by Crippen LogP contribution is -2.32. The first-order valence-corrected chi connectivity index (χ1v) is 10.4. The zero-order chi connectivity index (χ0) is 18.4. The van der Waals surface area contributed by atoms with E-state index in [9.17, 15) is 18.3 Å². The van der Waals surface area contributed by atoms with Crippen molar-refractivity contribution in [2.24, 2.45) is 5.92 Å². The molecule has 0 radical (unpaired) electrons. The second-order valence-electron chi connectivity index (χ2n) is 6.86.